The zero-order valence-electron chi connectivity index (χ0n) is 12.9. The van der Waals surface area contributed by atoms with Crippen LogP contribution in [0.1, 0.15) is 24.1 Å². The summed E-state index contributed by atoms with van der Waals surface area (Å²) in [6, 6.07) is 15.6. The molecule has 3 rings (SSSR count). The molecule has 4 heteroatoms. The fourth-order valence-electron chi connectivity index (χ4n) is 2.91. The summed E-state index contributed by atoms with van der Waals surface area (Å²) in [6.45, 7) is 2.78. The van der Waals surface area contributed by atoms with Gasteiger partial charge < -0.3 is 15.0 Å². The molecule has 0 aromatic heterocycles. The third-order valence-corrected chi connectivity index (χ3v) is 4.18. The van der Waals surface area contributed by atoms with E-state index in [1.807, 2.05) is 47.4 Å². The molecular formula is C18H20N2O2. The van der Waals surface area contributed by atoms with Gasteiger partial charge in [0.25, 0.3) is 0 Å². The number of fused-ring (bicyclic) bond motifs is 1. The van der Waals surface area contributed by atoms with Crippen molar-refractivity contribution >= 4 is 11.7 Å². The van der Waals surface area contributed by atoms with Crippen molar-refractivity contribution in [3.05, 3.63) is 59.7 Å². The molecule has 1 aliphatic heterocycles. The van der Waals surface area contributed by atoms with Gasteiger partial charge in [-0.25, -0.2) is 4.79 Å². The molecule has 0 radical (unpaired) electrons. The summed E-state index contributed by atoms with van der Waals surface area (Å²) in [6.07, 6.45) is 0.867. The molecule has 0 saturated heterocycles. The number of para-hydroxylation sites is 1. The first-order valence-corrected chi connectivity index (χ1v) is 7.48. The molecule has 1 unspecified atom stereocenters. The maximum atomic E-state index is 12.5. The van der Waals surface area contributed by atoms with Crippen molar-refractivity contribution in [2.75, 3.05) is 19.0 Å². The van der Waals surface area contributed by atoms with Gasteiger partial charge in [-0.15, -0.1) is 0 Å². The Balaban J connectivity index is 1.79. The van der Waals surface area contributed by atoms with Crippen molar-refractivity contribution < 1.29 is 9.53 Å². The van der Waals surface area contributed by atoms with E-state index < -0.39 is 0 Å². The highest BCUT2D eigenvalue weighted by Crippen LogP contribution is 2.32. The summed E-state index contributed by atoms with van der Waals surface area (Å²) in [5.74, 6) is 0.830. The number of anilines is 1. The van der Waals surface area contributed by atoms with E-state index in [0.717, 1.165) is 30.0 Å². The lowest BCUT2D eigenvalue weighted by molar-refractivity contribution is 0.188. The fraction of sp³-hybridized carbons (Fsp3) is 0.278. The van der Waals surface area contributed by atoms with Gasteiger partial charge in [0.05, 0.1) is 13.2 Å². The lowest BCUT2D eigenvalue weighted by Crippen LogP contribution is -2.41. The van der Waals surface area contributed by atoms with Gasteiger partial charge in [0.1, 0.15) is 5.75 Å². The normalized spacial score (nSPS) is 16.8. The maximum Gasteiger partial charge on any atom is 0.322 e. The molecule has 4 nitrogen and oxygen atoms in total. The number of ether oxygens (including phenoxy) is 1. The highest BCUT2D eigenvalue weighted by atomic mass is 16.5. The van der Waals surface area contributed by atoms with Crippen LogP contribution in [0.5, 0.6) is 5.75 Å². The predicted octanol–water partition coefficient (Wildman–Crippen LogP) is 3.85. The topological polar surface area (TPSA) is 41.6 Å². The number of urea groups is 1. The first-order chi connectivity index (χ1) is 10.7. The standard InChI is InChI=1S/C18H20N2O2/c1-13-17-12-16(22-2)9-8-14(17)10-11-20(13)18(21)19-15-6-4-3-5-7-15/h3-9,12-13H,10-11H2,1-2H3,(H,19,21). The highest BCUT2D eigenvalue weighted by Gasteiger charge is 2.27. The van der Waals surface area contributed by atoms with Crippen molar-refractivity contribution in [2.24, 2.45) is 0 Å². The summed E-state index contributed by atoms with van der Waals surface area (Å²) >= 11 is 0. The summed E-state index contributed by atoms with van der Waals surface area (Å²) in [4.78, 5) is 14.4. The molecule has 2 amide bonds. The van der Waals surface area contributed by atoms with Gasteiger partial charge in [-0.1, -0.05) is 24.3 Å². The van der Waals surface area contributed by atoms with E-state index in [-0.39, 0.29) is 12.1 Å². The zero-order chi connectivity index (χ0) is 15.5. The molecule has 0 aliphatic carbocycles. The average Bonchev–Trinajstić information content (AvgIpc) is 2.56. The second-order valence-electron chi connectivity index (χ2n) is 5.48. The van der Waals surface area contributed by atoms with Crippen LogP contribution in [0.25, 0.3) is 0 Å². The van der Waals surface area contributed by atoms with Crippen molar-refractivity contribution in [2.45, 2.75) is 19.4 Å². The highest BCUT2D eigenvalue weighted by molar-refractivity contribution is 5.89. The number of hydrogen-bond acceptors (Lipinski definition) is 2. The molecule has 22 heavy (non-hydrogen) atoms. The Labute approximate surface area is 130 Å². The number of carbonyl (C=O) groups is 1. The second kappa shape index (κ2) is 6.10. The van der Waals surface area contributed by atoms with Crippen LogP contribution >= 0.6 is 0 Å². The molecule has 1 heterocycles. The van der Waals surface area contributed by atoms with E-state index in [9.17, 15) is 4.79 Å². The number of nitrogens with zero attached hydrogens (tertiary/aromatic N) is 1. The molecule has 0 saturated carbocycles. The Bertz CT molecular complexity index is 670. The van der Waals surface area contributed by atoms with E-state index in [0.29, 0.717) is 0 Å². The Morgan fingerprint density at radius 1 is 1.23 bits per heavy atom. The van der Waals surface area contributed by atoms with Gasteiger partial charge in [-0.3, -0.25) is 0 Å². The van der Waals surface area contributed by atoms with Crippen LogP contribution in [0.3, 0.4) is 0 Å². The Morgan fingerprint density at radius 3 is 2.73 bits per heavy atom. The molecule has 0 spiro atoms. The number of carbonyl (C=O) groups excluding carboxylic acids is 1. The number of rotatable bonds is 2. The van der Waals surface area contributed by atoms with Crippen LogP contribution in [0, 0.1) is 0 Å². The van der Waals surface area contributed by atoms with Crippen LogP contribution in [-0.4, -0.2) is 24.6 Å². The zero-order valence-corrected chi connectivity index (χ0v) is 12.9. The number of amides is 2. The molecule has 1 aliphatic rings. The summed E-state index contributed by atoms with van der Waals surface area (Å²) in [7, 11) is 1.66. The Morgan fingerprint density at radius 2 is 2.00 bits per heavy atom. The summed E-state index contributed by atoms with van der Waals surface area (Å²) in [5.41, 5.74) is 3.27. The minimum atomic E-state index is -0.0628. The van der Waals surface area contributed by atoms with Crippen molar-refractivity contribution in [1.29, 1.82) is 0 Å². The molecule has 0 fully saturated rings. The minimum Gasteiger partial charge on any atom is -0.497 e. The molecule has 0 bridgehead atoms. The van der Waals surface area contributed by atoms with Crippen LogP contribution in [0.15, 0.2) is 48.5 Å². The third kappa shape index (κ3) is 2.77. The lowest BCUT2D eigenvalue weighted by atomic mass is 9.93. The van der Waals surface area contributed by atoms with E-state index in [4.69, 9.17) is 4.74 Å². The van der Waals surface area contributed by atoms with Crippen molar-refractivity contribution in [3.8, 4) is 5.75 Å². The quantitative estimate of drug-likeness (QED) is 0.914. The third-order valence-electron chi connectivity index (χ3n) is 4.18. The molecular weight excluding hydrogens is 276 g/mol. The molecule has 1 atom stereocenters. The number of nitrogens with one attached hydrogen (secondary N) is 1. The van der Waals surface area contributed by atoms with Crippen LogP contribution in [-0.2, 0) is 6.42 Å². The lowest BCUT2D eigenvalue weighted by Gasteiger charge is -2.35. The average molecular weight is 296 g/mol. The van der Waals surface area contributed by atoms with Crippen LogP contribution in [0.2, 0.25) is 0 Å². The fourth-order valence-corrected chi connectivity index (χ4v) is 2.91. The monoisotopic (exact) mass is 296 g/mol. The molecule has 114 valence electrons. The SMILES string of the molecule is COc1ccc2c(c1)C(C)N(C(=O)Nc1ccccc1)CC2. The number of methoxy groups -OCH3 is 1. The van der Waals surface area contributed by atoms with Gasteiger partial charge in [0, 0.05) is 12.2 Å². The summed E-state index contributed by atoms with van der Waals surface area (Å²) in [5, 5.41) is 2.96. The smallest absolute Gasteiger partial charge is 0.322 e. The Hall–Kier alpha value is -2.49. The largest absolute Gasteiger partial charge is 0.497 e. The maximum absolute atomic E-state index is 12.5. The summed E-state index contributed by atoms with van der Waals surface area (Å²) < 4.78 is 5.30. The van der Waals surface area contributed by atoms with Gasteiger partial charge in [0.2, 0.25) is 0 Å². The number of hydrogen-bond donors (Lipinski definition) is 1. The van der Waals surface area contributed by atoms with Gasteiger partial charge in [0.15, 0.2) is 0 Å². The van der Waals surface area contributed by atoms with E-state index in [2.05, 4.69) is 18.3 Å². The predicted molar refractivity (Wildman–Crippen MR) is 87.3 cm³/mol. The van der Waals surface area contributed by atoms with E-state index in [1.165, 1.54) is 5.56 Å². The second-order valence-corrected chi connectivity index (χ2v) is 5.48. The van der Waals surface area contributed by atoms with Gasteiger partial charge >= 0.3 is 6.03 Å². The van der Waals surface area contributed by atoms with Gasteiger partial charge in [-0.05, 0) is 48.7 Å². The number of benzene rings is 2. The first kappa shape index (κ1) is 14.4. The van der Waals surface area contributed by atoms with Crippen molar-refractivity contribution in [1.82, 2.24) is 4.90 Å². The van der Waals surface area contributed by atoms with E-state index >= 15 is 0 Å². The molecule has 1 N–H and O–H groups in total. The van der Waals surface area contributed by atoms with Crippen LogP contribution < -0.4 is 10.1 Å². The first-order valence-electron chi connectivity index (χ1n) is 7.48. The van der Waals surface area contributed by atoms with E-state index in [1.54, 1.807) is 7.11 Å². The Kier molecular flexibility index (Phi) is 4.00. The molecule has 2 aromatic rings. The van der Waals surface area contributed by atoms with Gasteiger partial charge in [-0.2, -0.15) is 0 Å². The molecule has 2 aromatic carbocycles. The van der Waals surface area contributed by atoms with Crippen molar-refractivity contribution in [3.63, 3.8) is 0 Å². The van der Waals surface area contributed by atoms with Crippen LogP contribution in [0.4, 0.5) is 10.5 Å². The minimum absolute atomic E-state index is 0.0302.